The lowest BCUT2D eigenvalue weighted by Gasteiger charge is -2.06. The van der Waals surface area contributed by atoms with Crippen LogP contribution >= 0.6 is 22.6 Å². The molecule has 0 spiro atoms. The van der Waals surface area contributed by atoms with E-state index in [9.17, 15) is 4.79 Å². The van der Waals surface area contributed by atoms with Crippen molar-refractivity contribution < 1.29 is 9.53 Å². The molecule has 0 unspecified atom stereocenters. The van der Waals surface area contributed by atoms with E-state index in [0.717, 1.165) is 15.0 Å². The van der Waals surface area contributed by atoms with Gasteiger partial charge in [-0.25, -0.2) is 4.79 Å². The van der Waals surface area contributed by atoms with Gasteiger partial charge in [-0.2, -0.15) is 0 Å². The Bertz CT molecular complexity index is 402. The largest absolute Gasteiger partial charge is 0.463 e. The lowest BCUT2D eigenvalue weighted by atomic mass is 10.3. The average molecular weight is 331 g/mol. The van der Waals surface area contributed by atoms with E-state index in [-0.39, 0.29) is 5.97 Å². The highest BCUT2D eigenvalue weighted by Gasteiger charge is 1.98. The molecule has 0 fully saturated rings. The molecule has 1 aromatic rings. The summed E-state index contributed by atoms with van der Waals surface area (Å²) in [6, 6.07) is 7.92. The van der Waals surface area contributed by atoms with Crippen molar-refractivity contribution in [2.75, 3.05) is 11.9 Å². The van der Waals surface area contributed by atoms with Crippen molar-refractivity contribution in [1.29, 1.82) is 0 Å². The van der Waals surface area contributed by atoms with Crippen LogP contribution in [0.25, 0.3) is 0 Å². The van der Waals surface area contributed by atoms with Crippen LogP contribution in [0.5, 0.6) is 0 Å². The van der Waals surface area contributed by atoms with Gasteiger partial charge >= 0.3 is 5.97 Å². The molecule has 3 nitrogen and oxygen atoms in total. The maximum atomic E-state index is 11.2. The Balaban J connectivity index is 2.63. The summed E-state index contributed by atoms with van der Waals surface area (Å²) in [5.74, 6) is -0.321. The number of carbonyl (C=O) groups is 1. The fraction of sp³-hybridized carbons (Fsp3) is 0.250. The minimum absolute atomic E-state index is 0.321. The molecule has 0 bridgehead atoms. The number of nitrogens with one attached hydrogen (secondary N) is 1. The minimum atomic E-state index is -0.321. The maximum Gasteiger partial charge on any atom is 0.332 e. The highest BCUT2D eigenvalue weighted by Crippen LogP contribution is 2.14. The summed E-state index contributed by atoms with van der Waals surface area (Å²) in [6.07, 6.45) is 1.45. The minimum Gasteiger partial charge on any atom is -0.463 e. The number of allylic oxidation sites excluding steroid dienone is 1. The van der Waals surface area contributed by atoms with Crippen LogP contribution in [-0.2, 0) is 9.53 Å². The standard InChI is InChI=1S/C12H14INO2/c1-3-16-12(15)7-9(2)14-11-6-4-5-10(13)8-11/h4-8,14H,3H2,1-2H3/b9-7-. The van der Waals surface area contributed by atoms with Crippen molar-refractivity contribution in [3.63, 3.8) is 0 Å². The Morgan fingerprint density at radius 1 is 1.56 bits per heavy atom. The van der Waals surface area contributed by atoms with Crippen molar-refractivity contribution in [2.45, 2.75) is 13.8 Å². The van der Waals surface area contributed by atoms with E-state index >= 15 is 0 Å². The van der Waals surface area contributed by atoms with Gasteiger partial charge < -0.3 is 10.1 Å². The van der Waals surface area contributed by atoms with Gasteiger partial charge in [0.1, 0.15) is 0 Å². The molecule has 0 heterocycles. The topological polar surface area (TPSA) is 38.3 Å². The summed E-state index contributed by atoms with van der Waals surface area (Å²) in [7, 11) is 0. The molecule has 0 aliphatic rings. The highest BCUT2D eigenvalue weighted by molar-refractivity contribution is 14.1. The fourth-order valence-corrected chi connectivity index (χ4v) is 1.73. The number of hydrogen-bond acceptors (Lipinski definition) is 3. The van der Waals surface area contributed by atoms with Gasteiger partial charge in [0.25, 0.3) is 0 Å². The monoisotopic (exact) mass is 331 g/mol. The average Bonchev–Trinajstić information content (AvgIpc) is 2.17. The summed E-state index contributed by atoms with van der Waals surface area (Å²) < 4.78 is 5.96. The molecule has 0 saturated carbocycles. The predicted molar refractivity (Wildman–Crippen MR) is 73.2 cm³/mol. The molecule has 0 saturated heterocycles. The lowest BCUT2D eigenvalue weighted by Crippen LogP contribution is -2.04. The van der Waals surface area contributed by atoms with Crippen LogP contribution in [0.3, 0.4) is 0 Å². The highest BCUT2D eigenvalue weighted by atomic mass is 127. The molecule has 0 radical (unpaired) electrons. The van der Waals surface area contributed by atoms with Gasteiger partial charge in [0, 0.05) is 21.0 Å². The van der Waals surface area contributed by atoms with Crippen LogP contribution in [0.1, 0.15) is 13.8 Å². The third kappa shape index (κ3) is 4.65. The summed E-state index contributed by atoms with van der Waals surface area (Å²) in [5, 5.41) is 3.13. The number of rotatable bonds is 4. The van der Waals surface area contributed by atoms with Gasteiger partial charge in [0.05, 0.1) is 6.61 Å². The van der Waals surface area contributed by atoms with Crippen molar-refractivity contribution in [1.82, 2.24) is 0 Å². The first-order chi connectivity index (χ1) is 7.61. The Morgan fingerprint density at radius 2 is 2.31 bits per heavy atom. The van der Waals surface area contributed by atoms with Gasteiger partial charge in [-0.3, -0.25) is 0 Å². The number of benzene rings is 1. The van der Waals surface area contributed by atoms with Crippen LogP contribution in [0.4, 0.5) is 5.69 Å². The second-order valence-corrected chi connectivity index (χ2v) is 4.46. The van der Waals surface area contributed by atoms with E-state index in [1.807, 2.05) is 31.2 Å². The second kappa shape index (κ2) is 6.52. The summed E-state index contributed by atoms with van der Waals surface area (Å²) in [5.41, 5.74) is 1.73. The number of carbonyl (C=O) groups excluding carboxylic acids is 1. The van der Waals surface area contributed by atoms with Crippen LogP contribution < -0.4 is 5.32 Å². The molecule has 16 heavy (non-hydrogen) atoms. The van der Waals surface area contributed by atoms with E-state index in [2.05, 4.69) is 27.9 Å². The summed E-state index contributed by atoms with van der Waals surface area (Å²) in [4.78, 5) is 11.2. The zero-order valence-corrected chi connectivity index (χ0v) is 11.4. The molecule has 0 aliphatic heterocycles. The molecule has 0 atom stereocenters. The summed E-state index contributed by atoms with van der Waals surface area (Å²) in [6.45, 7) is 4.01. The first kappa shape index (κ1) is 13.0. The van der Waals surface area contributed by atoms with Crippen molar-refractivity contribution in [3.8, 4) is 0 Å². The number of hydrogen-bond donors (Lipinski definition) is 1. The van der Waals surface area contributed by atoms with Gasteiger partial charge in [0.15, 0.2) is 0 Å². The number of ether oxygens (including phenoxy) is 1. The third-order valence-electron chi connectivity index (χ3n) is 1.79. The van der Waals surface area contributed by atoms with E-state index in [1.54, 1.807) is 6.92 Å². The normalized spacial score (nSPS) is 11.1. The van der Waals surface area contributed by atoms with E-state index < -0.39 is 0 Å². The molecule has 0 aromatic heterocycles. The van der Waals surface area contributed by atoms with Crippen molar-refractivity contribution in [2.24, 2.45) is 0 Å². The number of esters is 1. The molecule has 0 amide bonds. The molecule has 4 heteroatoms. The first-order valence-electron chi connectivity index (χ1n) is 4.99. The van der Waals surface area contributed by atoms with Crippen LogP contribution in [0.15, 0.2) is 36.0 Å². The van der Waals surface area contributed by atoms with Crippen molar-refractivity contribution >= 4 is 34.2 Å². The number of anilines is 1. The first-order valence-corrected chi connectivity index (χ1v) is 6.07. The van der Waals surface area contributed by atoms with Gasteiger partial charge in [0.2, 0.25) is 0 Å². The van der Waals surface area contributed by atoms with Crippen LogP contribution in [-0.4, -0.2) is 12.6 Å². The van der Waals surface area contributed by atoms with E-state index in [4.69, 9.17) is 4.74 Å². The smallest absolute Gasteiger partial charge is 0.332 e. The Labute approximate surface area is 109 Å². The number of halogens is 1. The van der Waals surface area contributed by atoms with E-state index in [1.165, 1.54) is 6.08 Å². The third-order valence-corrected chi connectivity index (χ3v) is 2.46. The fourth-order valence-electron chi connectivity index (χ4n) is 1.19. The Kier molecular flexibility index (Phi) is 5.31. The lowest BCUT2D eigenvalue weighted by molar-refractivity contribution is -0.137. The predicted octanol–water partition coefficient (Wildman–Crippen LogP) is 3.17. The second-order valence-electron chi connectivity index (χ2n) is 3.21. The Morgan fingerprint density at radius 3 is 2.94 bits per heavy atom. The Hall–Kier alpha value is -1.04. The zero-order chi connectivity index (χ0) is 12.0. The molecule has 86 valence electrons. The van der Waals surface area contributed by atoms with E-state index in [0.29, 0.717) is 6.61 Å². The van der Waals surface area contributed by atoms with Crippen LogP contribution in [0, 0.1) is 3.57 Å². The molecule has 0 aliphatic carbocycles. The molecule has 1 N–H and O–H groups in total. The summed E-state index contributed by atoms with van der Waals surface area (Å²) >= 11 is 2.24. The quantitative estimate of drug-likeness (QED) is 0.523. The van der Waals surface area contributed by atoms with Gasteiger partial charge in [-0.1, -0.05) is 6.07 Å². The SMILES string of the molecule is CCOC(=O)/C=C(/C)Nc1cccc(I)c1. The van der Waals surface area contributed by atoms with Gasteiger partial charge in [-0.05, 0) is 54.6 Å². The molecule has 1 aromatic carbocycles. The maximum absolute atomic E-state index is 11.2. The molecular weight excluding hydrogens is 317 g/mol. The molecular formula is C12H14INO2. The van der Waals surface area contributed by atoms with Crippen molar-refractivity contribution in [3.05, 3.63) is 39.6 Å². The molecule has 1 rings (SSSR count). The van der Waals surface area contributed by atoms with Crippen LogP contribution in [0.2, 0.25) is 0 Å². The zero-order valence-electron chi connectivity index (χ0n) is 9.29. The van der Waals surface area contributed by atoms with Gasteiger partial charge in [-0.15, -0.1) is 0 Å².